The Hall–Kier alpha value is -1.10. The van der Waals surface area contributed by atoms with Gasteiger partial charge in [0.2, 0.25) is 5.91 Å². The monoisotopic (exact) mass is 269 g/mol. The van der Waals surface area contributed by atoms with Crippen LogP contribution in [0.4, 0.5) is 4.79 Å². The Morgan fingerprint density at radius 3 is 2.37 bits per heavy atom. The van der Waals surface area contributed by atoms with Crippen LogP contribution in [0.3, 0.4) is 0 Å². The molecule has 3 amide bonds. The summed E-state index contributed by atoms with van der Waals surface area (Å²) in [4.78, 5) is 23.1. The van der Waals surface area contributed by atoms with Gasteiger partial charge in [-0.25, -0.2) is 4.79 Å². The molecule has 0 radical (unpaired) electrons. The van der Waals surface area contributed by atoms with Gasteiger partial charge in [-0.1, -0.05) is 13.8 Å². The van der Waals surface area contributed by atoms with Crippen LogP contribution >= 0.6 is 0 Å². The van der Waals surface area contributed by atoms with Crippen LogP contribution in [0.15, 0.2) is 0 Å². The second-order valence-electron chi connectivity index (χ2n) is 6.18. The van der Waals surface area contributed by atoms with Gasteiger partial charge in [-0.05, 0) is 44.9 Å². The predicted octanol–water partition coefficient (Wildman–Crippen LogP) is 1.78. The van der Waals surface area contributed by atoms with Crippen LogP contribution in [0.25, 0.3) is 0 Å². The molecule has 1 atom stereocenters. The maximum absolute atomic E-state index is 11.8. The Morgan fingerprint density at radius 2 is 1.84 bits per heavy atom. The van der Waals surface area contributed by atoms with Gasteiger partial charge in [-0.2, -0.15) is 0 Å². The summed E-state index contributed by atoms with van der Waals surface area (Å²) in [5, 5.41) is 8.19. The predicted molar refractivity (Wildman–Crippen MR) is 75.9 cm³/mol. The van der Waals surface area contributed by atoms with E-state index in [1.165, 1.54) is 12.8 Å². The van der Waals surface area contributed by atoms with Gasteiger partial charge in [0.05, 0.1) is 6.04 Å². The van der Waals surface area contributed by atoms with Crippen LogP contribution in [0.1, 0.15) is 53.4 Å². The summed E-state index contributed by atoms with van der Waals surface area (Å²) in [5.74, 6) is -0.268. The highest BCUT2D eigenvalue weighted by molar-refractivity contribution is 5.96. The van der Waals surface area contributed by atoms with Crippen LogP contribution in [-0.4, -0.2) is 30.6 Å². The quantitative estimate of drug-likeness (QED) is 0.728. The average Bonchev–Trinajstić information content (AvgIpc) is 2.32. The maximum atomic E-state index is 11.8. The maximum Gasteiger partial charge on any atom is 0.321 e. The number of amides is 3. The van der Waals surface area contributed by atoms with Gasteiger partial charge < -0.3 is 10.6 Å². The standard InChI is InChI=1S/C14H27N3O2/c1-5-15-13(19)17-12(18)10(2)16-11-6-8-14(3,4)9-7-11/h10-11,16H,5-9H2,1-4H3,(H2,15,17,18,19). The van der Waals surface area contributed by atoms with E-state index in [1.807, 2.05) is 6.92 Å². The number of hydrogen-bond donors (Lipinski definition) is 3. The minimum Gasteiger partial charge on any atom is -0.338 e. The molecule has 1 rings (SSSR count). The highest BCUT2D eigenvalue weighted by Gasteiger charge is 2.28. The minimum atomic E-state index is -0.425. The zero-order chi connectivity index (χ0) is 14.5. The van der Waals surface area contributed by atoms with E-state index in [2.05, 4.69) is 29.8 Å². The summed E-state index contributed by atoms with van der Waals surface area (Å²) in [6, 6.07) is -0.386. The first-order chi connectivity index (χ1) is 8.84. The molecule has 0 heterocycles. The Bertz CT molecular complexity index is 319. The molecule has 1 aliphatic carbocycles. The third-order valence-corrected chi connectivity index (χ3v) is 3.79. The number of urea groups is 1. The van der Waals surface area contributed by atoms with E-state index in [-0.39, 0.29) is 11.9 Å². The molecule has 0 saturated heterocycles. The first kappa shape index (κ1) is 16.0. The molecule has 0 aliphatic heterocycles. The van der Waals surface area contributed by atoms with Gasteiger partial charge in [0.25, 0.3) is 0 Å². The Morgan fingerprint density at radius 1 is 1.26 bits per heavy atom. The first-order valence-electron chi connectivity index (χ1n) is 7.19. The van der Waals surface area contributed by atoms with E-state index in [9.17, 15) is 9.59 Å². The number of hydrogen-bond acceptors (Lipinski definition) is 3. The number of nitrogens with one attached hydrogen (secondary N) is 3. The number of imide groups is 1. The smallest absolute Gasteiger partial charge is 0.321 e. The molecule has 0 aromatic heterocycles. The van der Waals surface area contributed by atoms with Gasteiger partial charge in [-0.15, -0.1) is 0 Å². The number of rotatable bonds is 4. The van der Waals surface area contributed by atoms with Crippen LogP contribution in [0, 0.1) is 5.41 Å². The van der Waals surface area contributed by atoms with Crippen LogP contribution in [-0.2, 0) is 4.79 Å². The van der Waals surface area contributed by atoms with Gasteiger partial charge in [0.1, 0.15) is 0 Å². The molecule has 110 valence electrons. The van der Waals surface area contributed by atoms with Crippen molar-refractivity contribution >= 4 is 11.9 Å². The van der Waals surface area contributed by atoms with Gasteiger partial charge in [0.15, 0.2) is 0 Å². The summed E-state index contributed by atoms with van der Waals surface area (Å²) in [6.45, 7) is 8.70. The second-order valence-corrected chi connectivity index (χ2v) is 6.18. The number of carbonyl (C=O) groups is 2. The van der Waals surface area contributed by atoms with Crippen molar-refractivity contribution in [3.05, 3.63) is 0 Å². The molecule has 0 aromatic carbocycles. The van der Waals surface area contributed by atoms with Gasteiger partial charge >= 0.3 is 6.03 Å². The lowest BCUT2D eigenvalue weighted by atomic mass is 9.75. The minimum absolute atomic E-state index is 0.268. The van der Waals surface area contributed by atoms with E-state index >= 15 is 0 Å². The topological polar surface area (TPSA) is 70.2 Å². The molecule has 5 nitrogen and oxygen atoms in total. The van der Waals surface area contributed by atoms with Crippen LogP contribution in [0.5, 0.6) is 0 Å². The molecular formula is C14H27N3O2. The van der Waals surface area contributed by atoms with Crippen LogP contribution < -0.4 is 16.0 Å². The van der Waals surface area contributed by atoms with Gasteiger partial charge in [0, 0.05) is 12.6 Å². The van der Waals surface area contributed by atoms with Crippen molar-refractivity contribution in [3.63, 3.8) is 0 Å². The van der Waals surface area contributed by atoms with E-state index in [4.69, 9.17) is 0 Å². The van der Waals surface area contributed by atoms with E-state index in [0.717, 1.165) is 12.8 Å². The molecule has 1 saturated carbocycles. The van der Waals surface area contributed by atoms with E-state index < -0.39 is 6.03 Å². The summed E-state index contributed by atoms with van der Waals surface area (Å²) in [6.07, 6.45) is 4.53. The van der Waals surface area contributed by atoms with E-state index in [1.54, 1.807) is 6.92 Å². The fraction of sp³-hybridized carbons (Fsp3) is 0.857. The summed E-state index contributed by atoms with van der Waals surface area (Å²) >= 11 is 0. The fourth-order valence-corrected chi connectivity index (χ4v) is 2.42. The molecule has 0 bridgehead atoms. The molecule has 1 aliphatic rings. The lowest BCUT2D eigenvalue weighted by Gasteiger charge is -2.35. The average molecular weight is 269 g/mol. The van der Waals surface area contributed by atoms with Crippen molar-refractivity contribution in [1.82, 2.24) is 16.0 Å². The lowest BCUT2D eigenvalue weighted by molar-refractivity contribution is -0.121. The highest BCUT2D eigenvalue weighted by atomic mass is 16.2. The molecule has 0 spiro atoms. The van der Waals surface area contributed by atoms with Crippen molar-refractivity contribution in [1.29, 1.82) is 0 Å². The molecule has 19 heavy (non-hydrogen) atoms. The Balaban J connectivity index is 2.32. The largest absolute Gasteiger partial charge is 0.338 e. The summed E-state index contributed by atoms with van der Waals surface area (Å²) in [7, 11) is 0. The third kappa shape index (κ3) is 5.59. The molecule has 1 unspecified atom stereocenters. The molecule has 5 heteroatoms. The summed E-state index contributed by atoms with van der Waals surface area (Å²) < 4.78 is 0. The number of carbonyl (C=O) groups excluding carboxylic acids is 2. The molecule has 1 fully saturated rings. The molecular weight excluding hydrogens is 242 g/mol. The zero-order valence-corrected chi connectivity index (χ0v) is 12.5. The summed E-state index contributed by atoms with van der Waals surface area (Å²) in [5.41, 5.74) is 0.421. The Kier molecular flexibility index (Phi) is 5.79. The van der Waals surface area contributed by atoms with Crippen molar-refractivity contribution in [2.24, 2.45) is 5.41 Å². The highest BCUT2D eigenvalue weighted by Crippen LogP contribution is 2.35. The van der Waals surface area contributed by atoms with Gasteiger partial charge in [-0.3, -0.25) is 10.1 Å². The normalized spacial score (nSPS) is 20.6. The lowest BCUT2D eigenvalue weighted by Crippen LogP contribution is -2.51. The molecule has 3 N–H and O–H groups in total. The van der Waals surface area contributed by atoms with Crippen molar-refractivity contribution in [3.8, 4) is 0 Å². The van der Waals surface area contributed by atoms with Crippen molar-refractivity contribution in [2.45, 2.75) is 65.5 Å². The molecule has 0 aromatic rings. The Labute approximate surface area is 115 Å². The van der Waals surface area contributed by atoms with Crippen molar-refractivity contribution < 1.29 is 9.59 Å². The van der Waals surface area contributed by atoms with Crippen molar-refractivity contribution in [2.75, 3.05) is 6.54 Å². The first-order valence-corrected chi connectivity index (χ1v) is 7.19. The van der Waals surface area contributed by atoms with E-state index in [0.29, 0.717) is 18.0 Å². The fourth-order valence-electron chi connectivity index (χ4n) is 2.42. The second kappa shape index (κ2) is 6.89. The zero-order valence-electron chi connectivity index (χ0n) is 12.5. The third-order valence-electron chi connectivity index (χ3n) is 3.79. The SMILES string of the molecule is CCNC(=O)NC(=O)C(C)NC1CCC(C)(C)CC1. The van der Waals surface area contributed by atoms with Crippen LogP contribution in [0.2, 0.25) is 0 Å².